The van der Waals surface area contributed by atoms with E-state index in [1.807, 2.05) is 6.07 Å². The number of methoxy groups -OCH3 is 1. The Morgan fingerprint density at radius 3 is 3.00 bits per heavy atom. The molecular weight excluding hydrogens is 255 g/mol. The fourth-order valence-corrected chi connectivity index (χ4v) is 2.83. The highest BCUT2D eigenvalue weighted by atomic mass is 19.1. The average Bonchev–Trinajstić information content (AvgIpc) is 2.65. The highest BCUT2D eigenvalue weighted by Gasteiger charge is 2.17. The Balaban J connectivity index is 1.98. The average molecular weight is 280 g/mol. The van der Waals surface area contributed by atoms with Gasteiger partial charge in [-0.3, -0.25) is 4.90 Å². The number of nitrogens with one attached hydrogen (secondary N) is 1. The molecule has 1 aliphatic heterocycles. The minimum Gasteiger partial charge on any atom is -0.494 e. The molecule has 0 bridgehead atoms. The molecule has 1 aromatic carbocycles. The predicted molar refractivity (Wildman–Crippen MR) is 79.5 cm³/mol. The quantitative estimate of drug-likeness (QED) is 0.897. The lowest BCUT2D eigenvalue weighted by Gasteiger charge is -2.24. The van der Waals surface area contributed by atoms with Gasteiger partial charge in [0.2, 0.25) is 0 Å². The van der Waals surface area contributed by atoms with Gasteiger partial charge in [-0.15, -0.1) is 0 Å². The van der Waals surface area contributed by atoms with Gasteiger partial charge in [0.1, 0.15) is 0 Å². The smallest absolute Gasteiger partial charge is 0.165 e. The maximum Gasteiger partial charge on any atom is 0.165 e. The summed E-state index contributed by atoms with van der Waals surface area (Å²) < 4.78 is 18.7. The lowest BCUT2D eigenvalue weighted by Crippen LogP contribution is -2.37. The molecule has 1 saturated heterocycles. The number of ether oxygens (including phenoxy) is 1. The Morgan fingerprint density at radius 1 is 1.45 bits per heavy atom. The molecule has 1 fully saturated rings. The van der Waals surface area contributed by atoms with E-state index in [9.17, 15) is 4.39 Å². The summed E-state index contributed by atoms with van der Waals surface area (Å²) in [5, 5.41) is 3.59. The van der Waals surface area contributed by atoms with Crippen LogP contribution in [0.3, 0.4) is 0 Å². The maximum absolute atomic E-state index is 13.7. The molecule has 20 heavy (non-hydrogen) atoms. The van der Waals surface area contributed by atoms with Crippen LogP contribution in [0.4, 0.5) is 4.39 Å². The van der Waals surface area contributed by atoms with E-state index in [0.717, 1.165) is 38.2 Å². The van der Waals surface area contributed by atoms with Crippen LogP contribution >= 0.6 is 0 Å². The number of hydrogen-bond acceptors (Lipinski definition) is 3. The van der Waals surface area contributed by atoms with Crippen LogP contribution in [-0.4, -0.2) is 37.7 Å². The molecule has 0 amide bonds. The molecule has 3 nitrogen and oxygen atoms in total. The third-order valence-electron chi connectivity index (χ3n) is 3.82. The molecule has 4 heteroatoms. The van der Waals surface area contributed by atoms with Crippen molar-refractivity contribution in [2.45, 2.75) is 38.8 Å². The summed E-state index contributed by atoms with van der Waals surface area (Å²) in [5.41, 5.74) is 1.01. The van der Waals surface area contributed by atoms with Crippen molar-refractivity contribution in [3.05, 3.63) is 29.6 Å². The monoisotopic (exact) mass is 280 g/mol. The molecule has 0 radical (unpaired) electrons. The van der Waals surface area contributed by atoms with E-state index in [2.05, 4.69) is 17.1 Å². The third kappa shape index (κ3) is 4.18. The van der Waals surface area contributed by atoms with Crippen LogP contribution in [0.15, 0.2) is 18.2 Å². The minimum absolute atomic E-state index is 0.275. The van der Waals surface area contributed by atoms with Crippen LogP contribution in [0.1, 0.15) is 31.7 Å². The minimum atomic E-state index is -0.275. The van der Waals surface area contributed by atoms with Crippen LogP contribution in [0.5, 0.6) is 5.75 Å². The largest absolute Gasteiger partial charge is 0.494 e. The lowest BCUT2D eigenvalue weighted by atomic mass is 10.1. The van der Waals surface area contributed by atoms with Crippen molar-refractivity contribution < 1.29 is 9.13 Å². The molecule has 0 spiro atoms. The van der Waals surface area contributed by atoms with Crippen molar-refractivity contribution >= 4 is 0 Å². The van der Waals surface area contributed by atoms with Crippen LogP contribution in [0, 0.1) is 5.82 Å². The van der Waals surface area contributed by atoms with Crippen molar-refractivity contribution in [2.75, 3.05) is 26.7 Å². The SMILES string of the molecule is CCCC1CN(Cc2ccc(OC)c(F)c2)CCCN1. The number of benzene rings is 1. The van der Waals surface area contributed by atoms with E-state index in [4.69, 9.17) is 4.74 Å². The molecule has 1 heterocycles. The van der Waals surface area contributed by atoms with E-state index in [1.165, 1.54) is 20.0 Å². The molecule has 112 valence electrons. The lowest BCUT2D eigenvalue weighted by molar-refractivity contribution is 0.254. The van der Waals surface area contributed by atoms with Crippen LogP contribution in [0.2, 0.25) is 0 Å². The molecule has 1 N–H and O–H groups in total. The number of nitrogens with zero attached hydrogens (tertiary/aromatic N) is 1. The number of rotatable bonds is 5. The molecule has 1 unspecified atom stereocenters. The second-order valence-corrected chi connectivity index (χ2v) is 5.50. The fraction of sp³-hybridized carbons (Fsp3) is 0.625. The summed E-state index contributed by atoms with van der Waals surface area (Å²) in [5.74, 6) is 0.0400. The van der Waals surface area contributed by atoms with Gasteiger partial charge in [0.15, 0.2) is 11.6 Å². The number of hydrogen-bond donors (Lipinski definition) is 1. The van der Waals surface area contributed by atoms with Crippen molar-refractivity contribution in [1.82, 2.24) is 10.2 Å². The van der Waals surface area contributed by atoms with E-state index in [-0.39, 0.29) is 5.82 Å². The first kappa shape index (κ1) is 15.3. The van der Waals surface area contributed by atoms with Gasteiger partial charge >= 0.3 is 0 Å². The van der Waals surface area contributed by atoms with Gasteiger partial charge < -0.3 is 10.1 Å². The summed E-state index contributed by atoms with van der Waals surface area (Å²) >= 11 is 0. The van der Waals surface area contributed by atoms with Gasteiger partial charge in [-0.2, -0.15) is 0 Å². The first-order valence-corrected chi connectivity index (χ1v) is 7.51. The molecule has 0 aliphatic carbocycles. The fourth-order valence-electron chi connectivity index (χ4n) is 2.83. The molecule has 1 atom stereocenters. The Kier molecular flexibility index (Phi) is 5.80. The van der Waals surface area contributed by atoms with Gasteiger partial charge in [-0.25, -0.2) is 4.39 Å². The van der Waals surface area contributed by atoms with Gasteiger partial charge in [0.25, 0.3) is 0 Å². The van der Waals surface area contributed by atoms with Crippen molar-refractivity contribution in [3.8, 4) is 5.75 Å². The standard InChI is InChI=1S/C16H25FN2O/c1-3-5-14-12-19(9-4-8-18-14)11-13-6-7-16(20-2)15(17)10-13/h6-7,10,14,18H,3-5,8-9,11-12H2,1-2H3. The normalized spacial score (nSPS) is 20.6. The Bertz CT molecular complexity index is 425. The maximum atomic E-state index is 13.7. The van der Waals surface area contributed by atoms with Crippen molar-refractivity contribution in [1.29, 1.82) is 0 Å². The van der Waals surface area contributed by atoms with Crippen molar-refractivity contribution in [3.63, 3.8) is 0 Å². The van der Waals surface area contributed by atoms with Gasteiger partial charge in [-0.05, 0) is 43.6 Å². The molecule has 0 saturated carbocycles. The van der Waals surface area contributed by atoms with Crippen LogP contribution in [0.25, 0.3) is 0 Å². The Morgan fingerprint density at radius 2 is 2.30 bits per heavy atom. The zero-order valence-corrected chi connectivity index (χ0v) is 12.5. The third-order valence-corrected chi connectivity index (χ3v) is 3.82. The summed E-state index contributed by atoms with van der Waals surface area (Å²) in [4.78, 5) is 2.42. The zero-order valence-electron chi connectivity index (χ0n) is 12.5. The van der Waals surface area contributed by atoms with E-state index < -0.39 is 0 Å². The van der Waals surface area contributed by atoms with Gasteiger partial charge in [0, 0.05) is 19.1 Å². The van der Waals surface area contributed by atoms with E-state index in [1.54, 1.807) is 12.1 Å². The van der Waals surface area contributed by atoms with E-state index >= 15 is 0 Å². The molecule has 1 aliphatic rings. The second kappa shape index (κ2) is 7.60. The second-order valence-electron chi connectivity index (χ2n) is 5.50. The van der Waals surface area contributed by atoms with E-state index in [0.29, 0.717) is 11.8 Å². The topological polar surface area (TPSA) is 24.5 Å². The van der Waals surface area contributed by atoms with Crippen LogP contribution < -0.4 is 10.1 Å². The summed E-state index contributed by atoms with van der Waals surface area (Å²) in [6.07, 6.45) is 3.55. The van der Waals surface area contributed by atoms with Gasteiger partial charge in [0.05, 0.1) is 7.11 Å². The molecular formula is C16H25FN2O. The van der Waals surface area contributed by atoms with Crippen molar-refractivity contribution in [2.24, 2.45) is 0 Å². The summed E-state index contributed by atoms with van der Waals surface area (Å²) in [7, 11) is 1.49. The molecule has 1 aromatic rings. The van der Waals surface area contributed by atoms with Gasteiger partial charge in [-0.1, -0.05) is 19.4 Å². The number of halogens is 1. The highest BCUT2D eigenvalue weighted by Crippen LogP contribution is 2.19. The predicted octanol–water partition coefficient (Wildman–Crippen LogP) is 2.80. The first-order valence-electron chi connectivity index (χ1n) is 7.51. The summed E-state index contributed by atoms with van der Waals surface area (Å²) in [6.45, 7) is 6.22. The highest BCUT2D eigenvalue weighted by molar-refractivity contribution is 5.29. The molecule has 2 rings (SSSR count). The zero-order chi connectivity index (χ0) is 14.4. The first-order chi connectivity index (χ1) is 9.72. The van der Waals surface area contributed by atoms with Crippen LogP contribution in [-0.2, 0) is 6.54 Å². The Hall–Kier alpha value is -1.13. The molecule has 0 aromatic heterocycles. The summed E-state index contributed by atoms with van der Waals surface area (Å²) in [6, 6.07) is 5.82. The Labute approximate surface area is 121 Å².